The highest BCUT2D eigenvalue weighted by atomic mass is 16.1. The van der Waals surface area contributed by atoms with E-state index in [4.69, 9.17) is 0 Å². The summed E-state index contributed by atoms with van der Waals surface area (Å²) in [5.74, 6) is 0.285. The fourth-order valence-electron chi connectivity index (χ4n) is 5.04. The van der Waals surface area contributed by atoms with Gasteiger partial charge in [0, 0.05) is 17.5 Å². The maximum atomic E-state index is 13.3. The highest BCUT2D eigenvalue weighted by molar-refractivity contribution is 6.17. The molecule has 0 saturated heterocycles. The van der Waals surface area contributed by atoms with Crippen LogP contribution in [0.5, 0.6) is 0 Å². The molecule has 4 aromatic rings. The van der Waals surface area contributed by atoms with Crippen molar-refractivity contribution in [2.75, 3.05) is 0 Å². The first-order valence-electron chi connectivity index (χ1n) is 11.5. The molecule has 0 bridgehead atoms. The zero-order chi connectivity index (χ0) is 21.4. The lowest BCUT2D eigenvalue weighted by molar-refractivity contribution is 0.0973. The lowest BCUT2D eigenvalue weighted by Gasteiger charge is -2.25. The molecule has 154 valence electrons. The van der Waals surface area contributed by atoms with Crippen molar-refractivity contribution in [1.82, 2.24) is 0 Å². The van der Waals surface area contributed by atoms with E-state index in [-0.39, 0.29) is 5.78 Å². The summed E-state index contributed by atoms with van der Waals surface area (Å²) in [4.78, 5) is 13.3. The second kappa shape index (κ2) is 8.15. The van der Waals surface area contributed by atoms with Gasteiger partial charge in [0.15, 0.2) is 5.78 Å². The first-order chi connectivity index (χ1) is 15.2. The van der Waals surface area contributed by atoms with Gasteiger partial charge in [-0.1, -0.05) is 86.6 Å². The van der Waals surface area contributed by atoms with E-state index in [1.54, 1.807) is 0 Å². The molecule has 31 heavy (non-hydrogen) atoms. The molecule has 1 aliphatic carbocycles. The van der Waals surface area contributed by atoms with E-state index in [1.165, 1.54) is 38.6 Å². The number of rotatable bonds is 4. The first kappa shape index (κ1) is 19.8. The highest BCUT2D eigenvalue weighted by Crippen LogP contribution is 2.44. The maximum absolute atomic E-state index is 13.3. The van der Waals surface area contributed by atoms with Gasteiger partial charge in [-0.25, -0.2) is 0 Å². The number of benzene rings is 4. The minimum Gasteiger partial charge on any atom is -0.294 e. The van der Waals surface area contributed by atoms with Gasteiger partial charge in [-0.2, -0.15) is 0 Å². The summed E-state index contributed by atoms with van der Waals surface area (Å²) in [5.41, 5.74) is 9.56. The van der Waals surface area contributed by atoms with Crippen LogP contribution in [-0.2, 0) is 19.3 Å². The molecular weight excluding hydrogens is 376 g/mol. The van der Waals surface area contributed by atoms with Crippen LogP contribution in [0.1, 0.15) is 53.7 Å². The molecule has 4 aromatic carbocycles. The zero-order valence-corrected chi connectivity index (χ0v) is 18.4. The fourth-order valence-corrected chi connectivity index (χ4v) is 5.04. The molecule has 0 radical (unpaired) electrons. The summed E-state index contributed by atoms with van der Waals surface area (Å²) >= 11 is 0. The van der Waals surface area contributed by atoms with E-state index in [1.807, 2.05) is 0 Å². The van der Waals surface area contributed by atoms with E-state index in [9.17, 15) is 4.79 Å². The molecular formula is C30H28O. The van der Waals surface area contributed by atoms with Crippen LogP contribution < -0.4 is 0 Å². The molecule has 0 amide bonds. The quantitative estimate of drug-likeness (QED) is 0.339. The zero-order valence-electron chi connectivity index (χ0n) is 18.4. The van der Waals surface area contributed by atoms with Gasteiger partial charge in [-0.15, -0.1) is 0 Å². The third kappa shape index (κ3) is 3.39. The van der Waals surface area contributed by atoms with Crippen LogP contribution in [0.25, 0.3) is 33.0 Å². The maximum Gasteiger partial charge on any atom is 0.163 e. The van der Waals surface area contributed by atoms with Crippen LogP contribution in [-0.4, -0.2) is 5.78 Å². The van der Waals surface area contributed by atoms with Crippen molar-refractivity contribution in [2.24, 2.45) is 0 Å². The summed E-state index contributed by atoms with van der Waals surface area (Å²) < 4.78 is 0. The van der Waals surface area contributed by atoms with E-state index >= 15 is 0 Å². The summed E-state index contributed by atoms with van der Waals surface area (Å²) in [7, 11) is 0. The molecule has 0 atom stereocenters. The Morgan fingerprint density at radius 2 is 1.13 bits per heavy atom. The minimum absolute atomic E-state index is 0.285. The monoisotopic (exact) mass is 404 g/mol. The Bertz CT molecular complexity index is 1260. The number of carbonyl (C=O) groups is 1. The molecule has 0 N–H and O–H groups in total. The lowest BCUT2D eigenvalue weighted by Crippen LogP contribution is -2.14. The third-order valence-electron chi connectivity index (χ3n) is 6.73. The van der Waals surface area contributed by atoms with Crippen LogP contribution in [0.3, 0.4) is 0 Å². The van der Waals surface area contributed by atoms with Crippen molar-refractivity contribution in [3.63, 3.8) is 0 Å². The molecule has 0 saturated carbocycles. The molecule has 1 heteroatoms. The SMILES string of the molecule is CCc1ccc(-c2c3c(c(-c4ccc(CC)cc4)c4ccccc24)C(=O)CCC3)cc1. The van der Waals surface area contributed by atoms with Gasteiger partial charge in [0.2, 0.25) is 0 Å². The lowest BCUT2D eigenvalue weighted by atomic mass is 9.77. The Hall–Kier alpha value is -3.19. The molecule has 0 fully saturated rings. The van der Waals surface area contributed by atoms with E-state index < -0.39 is 0 Å². The number of aryl methyl sites for hydroxylation is 2. The number of hydrogen-bond acceptors (Lipinski definition) is 1. The number of carbonyl (C=O) groups excluding carboxylic acids is 1. The molecule has 0 unspecified atom stereocenters. The number of fused-ring (bicyclic) bond motifs is 2. The van der Waals surface area contributed by atoms with Gasteiger partial charge in [-0.3, -0.25) is 4.79 Å². The third-order valence-corrected chi connectivity index (χ3v) is 6.73. The van der Waals surface area contributed by atoms with Crippen LogP contribution in [0.15, 0.2) is 72.8 Å². The van der Waals surface area contributed by atoms with Gasteiger partial charge in [-0.05, 0) is 69.8 Å². The predicted molar refractivity (Wildman–Crippen MR) is 131 cm³/mol. The minimum atomic E-state index is 0.285. The second-order valence-corrected chi connectivity index (χ2v) is 8.53. The average Bonchev–Trinajstić information content (AvgIpc) is 2.83. The van der Waals surface area contributed by atoms with Crippen molar-refractivity contribution in [1.29, 1.82) is 0 Å². The predicted octanol–water partition coefficient (Wildman–Crippen LogP) is 7.82. The number of ketones is 1. The second-order valence-electron chi connectivity index (χ2n) is 8.53. The normalized spacial score (nSPS) is 13.4. The highest BCUT2D eigenvalue weighted by Gasteiger charge is 2.27. The van der Waals surface area contributed by atoms with E-state index in [2.05, 4.69) is 86.6 Å². The molecule has 0 aliphatic heterocycles. The topological polar surface area (TPSA) is 17.1 Å². The van der Waals surface area contributed by atoms with Crippen molar-refractivity contribution < 1.29 is 4.79 Å². The smallest absolute Gasteiger partial charge is 0.163 e. The van der Waals surface area contributed by atoms with Crippen LogP contribution in [0.2, 0.25) is 0 Å². The average molecular weight is 405 g/mol. The van der Waals surface area contributed by atoms with Gasteiger partial charge >= 0.3 is 0 Å². The molecule has 1 nitrogen and oxygen atoms in total. The standard InChI is InChI=1S/C30H28O/c1-3-20-12-16-22(17-13-20)28-24-8-5-6-9-25(24)29(23-18-14-21(4-2)15-19-23)30-26(28)10-7-11-27(30)31/h5-6,8-9,12-19H,3-4,7,10-11H2,1-2H3. The van der Waals surface area contributed by atoms with Crippen molar-refractivity contribution in [3.8, 4) is 22.3 Å². The van der Waals surface area contributed by atoms with Gasteiger partial charge in [0.05, 0.1) is 0 Å². The van der Waals surface area contributed by atoms with Crippen LogP contribution >= 0.6 is 0 Å². The summed E-state index contributed by atoms with van der Waals surface area (Å²) in [6.07, 6.45) is 4.57. The van der Waals surface area contributed by atoms with Crippen molar-refractivity contribution in [3.05, 3.63) is 95.1 Å². The molecule has 1 aliphatic rings. The van der Waals surface area contributed by atoms with E-state index in [0.29, 0.717) is 6.42 Å². The Labute approximate surface area is 184 Å². The summed E-state index contributed by atoms with van der Waals surface area (Å²) in [6, 6.07) is 26.3. The van der Waals surface area contributed by atoms with Gasteiger partial charge in [0.1, 0.15) is 0 Å². The molecule has 5 rings (SSSR count). The number of hydrogen-bond donors (Lipinski definition) is 0. The number of Topliss-reactive ketones (excluding diaryl/α,β-unsaturated/α-hetero) is 1. The summed E-state index contributed by atoms with van der Waals surface area (Å²) in [5, 5.41) is 2.42. The van der Waals surface area contributed by atoms with Crippen molar-refractivity contribution >= 4 is 16.6 Å². The Balaban J connectivity index is 1.86. The summed E-state index contributed by atoms with van der Waals surface area (Å²) in [6.45, 7) is 4.36. The molecule has 0 aromatic heterocycles. The van der Waals surface area contributed by atoms with Gasteiger partial charge in [0.25, 0.3) is 0 Å². The van der Waals surface area contributed by atoms with Crippen LogP contribution in [0, 0.1) is 0 Å². The Morgan fingerprint density at radius 1 is 0.613 bits per heavy atom. The molecule has 0 spiro atoms. The first-order valence-corrected chi connectivity index (χ1v) is 11.5. The van der Waals surface area contributed by atoms with Crippen molar-refractivity contribution in [2.45, 2.75) is 46.0 Å². The Morgan fingerprint density at radius 3 is 1.68 bits per heavy atom. The Kier molecular flexibility index (Phi) is 5.19. The van der Waals surface area contributed by atoms with Crippen LogP contribution in [0.4, 0.5) is 0 Å². The largest absolute Gasteiger partial charge is 0.294 e. The molecule has 0 heterocycles. The fraction of sp³-hybridized carbons (Fsp3) is 0.233. The van der Waals surface area contributed by atoms with Gasteiger partial charge < -0.3 is 0 Å². The van der Waals surface area contributed by atoms with E-state index in [0.717, 1.165) is 42.4 Å².